The minimum Gasteiger partial charge on any atom is -0.458 e. The van der Waals surface area contributed by atoms with Crippen molar-refractivity contribution in [2.24, 2.45) is 0 Å². The van der Waals surface area contributed by atoms with E-state index in [-0.39, 0.29) is 39.2 Å². The average molecular weight is 1490 g/mol. The fraction of sp³-hybridized carbons (Fsp3) is 0.243. The Morgan fingerprint density at radius 2 is 0.718 bits per heavy atom. The molecule has 4 aromatic heterocycles. The Hall–Kier alpha value is -10.0. The van der Waals surface area contributed by atoms with Crippen LogP contribution in [-0.2, 0) is 38.9 Å². The van der Waals surface area contributed by atoms with E-state index in [1.165, 1.54) is 138 Å². The minimum atomic E-state index is 0.0294. The molecule has 0 N–H and O–H groups in total. The molecular formula is C103H101BO3S3. The maximum atomic E-state index is 6.30. The standard InChI is InChI=1S/C22H19BO2.C17H18.C16H16O.3C16H16S/c1-22(2,3)14-12-19-21-20(13-14)25-18-11-7-5-9-16(18)23(21)15-8-4-6-10-17(15)24-19;1-17(2,3)14-8-9-16-13(11-14)10-12-6-4-5-7-15(12)16;2*1-16(2,3)13-9-6-8-12-11-7-4-5-10-14(11)17-15(12)13;1-16(2,3)12-8-6-10-14-15(12)11-7-4-5-9-13(11)17-14;1-16(2,3)11-8-9-15-13(10-11)12-6-4-5-7-14(12)17-15/h4-13H,1-3H3;4-9,11H,10H2,1-3H3;4*4-10H,1-3H3. The third kappa shape index (κ3) is 15.1. The lowest BCUT2D eigenvalue weighted by Gasteiger charge is -2.34. The molecule has 552 valence electrons. The second-order valence-electron chi connectivity index (χ2n) is 36.0. The first-order chi connectivity index (χ1) is 52.3. The molecule has 17 aromatic rings. The topological polar surface area (TPSA) is 31.6 Å². The van der Waals surface area contributed by atoms with Gasteiger partial charge in [0.05, 0.1) is 0 Å². The Kier molecular flexibility index (Phi) is 20.1. The maximum Gasteiger partial charge on any atom is 0.260 e. The zero-order valence-corrected chi connectivity index (χ0v) is 69.7. The van der Waals surface area contributed by atoms with Crippen LogP contribution in [0, 0.1) is 0 Å². The van der Waals surface area contributed by atoms with E-state index in [0.717, 1.165) is 46.0 Å². The van der Waals surface area contributed by atoms with Gasteiger partial charge in [-0.3, -0.25) is 0 Å². The second-order valence-corrected chi connectivity index (χ2v) is 39.2. The Morgan fingerprint density at radius 3 is 1.34 bits per heavy atom. The fourth-order valence-electron chi connectivity index (χ4n) is 15.7. The highest BCUT2D eigenvalue weighted by Gasteiger charge is 2.41. The molecule has 3 nitrogen and oxygen atoms in total. The van der Waals surface area contributed by atoms with Gasteiger partial charge in [0.25, 0.3) is 6.71 Å². The van der Waals surface area contributed by atoms with Crippen molar-refractivity contribution in [3.8, 4) is 34.1 Å². The largest absolute Gasteiger partial charge is 0.458 e. The molecule has 13 aromatic carbocycles. The monoisotopic (exact) mass is 1490 g/mol. The number of rotatable bonds is 0. The van der Waals surface area contributed by atoms with Gasteiger partial charge < -0.3 is 13.9 Å². The van der Waals surface area contributed by atoms with Crippen molar-refractivity contribution in [1.29, 1.82) is 0 Å². The summed E-state index contributed by atoms with van der Waals surface area (Å²) in [6.45, 7) is 40.8. The van der Waals surface area contributed by atoms with Gasteiger partial charge in [-0.15, -0.1) is 34.0 Å². The van der Waals surface area contributed by atoms with E-state index in [2.05, 4.69) is 373 Å². The van der Waals surface area contributed by atoms with Crippen LogP contribution in [0.25, 0.3) is 93.6 Å². The molecule has 7 heteroatoms. The molecule has 6 heterocycles. The normalized spacial score (nSPS) is 12.9. The lowest BCUT2D eigenvalue weighted by atomic mass is 9.35. The zero-order chi connectivity index (χ0) is 77.4. The van der Waals surface area contributed by atoms with Gasteiger partial charge in [0.1, 0.15) is 34.2 Å². The summed E-state index contributed by atoms with van der Waals surface area (Å²) in [6, 6.07) is 97.6. The van der Waals surface area contributed by atoms with Crippen molar-refractivity contribution in [2.45, 2.75) is 164 Å². The van der Waals surface area contributed by atoms with Gasteiger partial charge in [-0.05, 0) is 167 Å². The van der Waals surface area contributed by atoms with Crippen LogP contribution in [0.15, 0.2) is 277 Å². The summed E-state index contributed by atoms with van der Waals surface area (Å²) in [5, 5.41) is 10.8. The number of furan rings is 1. The number of hydrogen-bond donors (Lipinski definition) is 0. The molecule has 0 radical (unpaired) electrons. The molecule has 110 heavy (non-hydrogen) atoms. The third-order valence-corrected chi connectivity index (χ3v) is 25.2. The van der Waals surface area contributed by atoms with Crippen LogP contribution in [0.4, 0.5) is 0 Å². The number of fused-ring (bicyclic) bond motifs is 19. The molecule has 2 aliphatic heterocycles. The van der Waals surface area contributed by atoms with E-state index in [1.54, 1.807) is 0 Å². The van der Waals surface area contributed by atoms with E-state index in [1.807, 2.05) is 58.3 Å². The van der Waals surface area contributed by atoms with E-state index >= 15 is 0 Å². The number of para-hydroxylation sites is 4. The molecule has 1 aliphatic carbocycles. The van der Waals surface area contributed by atoms with Crippen LogP contribution in [-0.4, -0.2) is 6.71 Å². The molecule has 0 unspecified atom stereocenters. The summed E-state index contributed by atoms with van der Waals surface area (Å²) < 4.78 is 27.0. The highest BCUT2D eigenvalue weighted by Crippen LogP contribution is 2.45. The molecule has 0 fully saturated rings. The Bertz CT molecular complexity index is 6070. The smallest absolute Gasteiger partial charge is 0.260 e. The van der Waals surface area contributed by atoms with Crippen LogP contribution in [0.1, 0.15) is 169 Å². The first kappa shape index (κ1) is 75.4. The van der Waals surface area contributed by atoms with Gasteiger partial charge in [-0.1, -0.05) is 331 Å². The van der Waals surface area contributed by atoms with Crippen molar-refractivity contribution in [2.75, 3.05) is 0 Å². The Labute approximate surface area is 663 Å². The predicted molar refractivity (Wildman–Crippen MR) is 483 cm³/mol. The highest BCUT2D eigenvalue weighted by atomic mass is 32.1. The maximum absolute atomic E-state index is 6.30. The van der Waals surface area contributed by atoms with E-state index < -0.39 is 0 Å². The van der Waals surface area contributed by atoms with Gasteiger partial charge in [-0.25, -0.2) is 0 Å². The van der Waals surface area contributed by atoms with Crippen molar-refractivity contribution in [3.05, 3.63) is 317 Å². The quantitative estimate of drug-likeness (QED) is 0.142. The van der Waals surface area contributed by atoms with Crippen LogP contribution in [0.2, 0.25) is 0 Å². The molecule has 20 rings (SSSR count). The molecule has 0 saturated heterocycles. The molecule has 0 spiro atoms. The SMILES string of the molecule is CC(C)(C)c1cc2c3c(c1)Oc1ccccc1B3c1ccccc1O2.CC(C)(C)c1ccc2c(c1)Cc1ccccc1-2.CC(C)(C)c1ccc2sc3ccccc3c2c1.CC(C)(C)c1cccc2c1oc1ccccc12.CC(C)(C)c1cccc2c1sc1ccccc12.CC(C)(C)c1cccc2sc3ccccc3c12. The molecule has 0 amide bonds. The first-order valence-corrected chi connectivity index (χ1v) is 41.4. The van der Waals surface area contributed by atoms with Crippen LogP contribution in [0.3, 0.4) is 0 Å². The molecule has 0 atom stereocenters. The second kappa shape index (κ2) is 29.3. The number of thiophene rings is 3. The first-order valence-electron chi connectivity index (χ1n) is 38.9. The summed E-state index contributed by atoms with van der Waals surface area (Å²) >= 11 is 5.69. The molecule has 0 bridgehead atoms. The van der Waals surface area contributed by atoms with E-state index in [4.69, 9.17) is 13.9 Å². The van der Waals surface area contributed by atoms with Crippen molar-refractivity contribution >= 4 is 140 Å². The van der Waals surface area contributed by atoms with Crippen LogP contribution in [0.5, 0.6) is 23.0 Å². The molecule has 3 aliphatic rings. The fourth-order valence-corrected chi connectivity index (χ4v) is 19.4. The van der Waals surface area contributed by atoms with E-state index in [0.29, 0.717) is 0 Å². The van der Waals surface area contributed by atoms with Crippen molar-refractivity contribution in [1.82, 2.24) is 0 Å². The average Bonchev–Trinajstić information content (AvgIpc) is 1.38. The Morgan fingerprint density at radius 1 is 0.282 bits per heavy atom. The summed E-state index contributed by atoms with van der Waals surface area (Å²) in [6.07, 6.45) is 1.09. The number of hydrogen-bond acceptors (Lipinski definition) is 6. The molecular weight excluding hydrogens is 1390 g/mol. The molecule has 0 saturated carbocycles. The van der Waals surface area contributed by atoms with Crippen molar-refractivity contribution < 1.29 is 13.9 Å². The van der Waals surface area contributed by atoms with Crippen LogP contribution < -0.4 is 25.9 Å². The van der Waals surface area contributed by atoms with Gasteiger partial charge in [-0.2, -0.15) is 0 Å². The summed E-state index contributed by atoms with van der Waals surface area (Å²) in [5.41, 5.74) is 20.6. The number of ether oxygens (including phenoxy) is 2. The predicted octanol–water partition coefficient (Wildman–Crippen LogP) is 29.2. The van der Waals surface area contributed by atoms with E-state index in [9.17, 15) is 0 Å². The van der Waals surface area contributed by atoms with Crippen LogP contribution >= 0.6 is 34.0 Å². The third-order valence-electron chi connectivity index (χ3n) is 21.7. The van der Waals surface area contributed by atoms with Crippen molar-refractivity contribution in [3.63, 3.8) is 0 Å². The minimum absolute atomic E-state index is 0.0294. The number of benzene rings is 13. The lowest BCUT2D eigenvalue weighted by Crippen LogP contribution is -2.57. The van der Waals surface area contributed by atoms with Gasteiger partial charge in [0.2, 0.25) is 0 Å². The zero-order valence-electron chi connectivity index (χ0n) is 67.2. The lowest BCUT2D eigenvalue weighted by molar-refractivity contribution is 0.458. The summed E-state index contributed by atoms with van der Waals surface area (Å²) in [7, 11) is 0. The van der Waals surface area contributed by atoms with Gasteiger partial charge >= 0.3 is 0 Å². The van der Waals surface area contributed by atoms with Gasteiger partial charge in [0.15, 0.2) is 0 Å². The Balaban J connectivity index is 0.000000106. The van der Waals surface area contributed by atoms with Gasteiger partial charge in [0, 0.05) is 82.3 Å². The highest BCUT2D eigenvalue weighted by molar-refractivity contribution is 7.26. The summed E-state index contributed by atoms with van der Waals surface area (Å²) in [4.78, 5) is 0. The summed E-state index contributed by atoms with van der Waals surface area (Å²) in [5.74, 6) is 3.71.